The molecule has 0 unspecified atom stereocenters. The Hall–Kier alpha value is -3.12. The Balaban J connectivity index is 1.38. The van der Waals surface area contributed by atoms with Crippen molar-refractivity contribution in [3.8, 4) is 5.75 Å². The molecular formula is C24H26N2O4. The molecule has 30 heavy (non-hydrogen) atoms. The first-order chi connectivity index (χ1) is 14.6. The molecule has 6 heteroatoms. The zero-order valence-corrected chi connectivity index (χ0v) is 17.1. The highest BCUT2D eigenvalue weighted by Gasteiger charge is 2.25. The van der Waals surface area contributed by atoms with Crippen LogP contribution in [0.15, 0.2) is 59.1 Å². The van der Waals surface area contributed by atoms with Crippen LogP contribution in [0.25, 0.3) is 0 Å². The van der Waals surface area contributed by atoms with Gasteiger partial charge in [-0.2, -0.15) is 0 Å². The highest BCUT2D eigenvalue weighted by Crippen LogP contribution is 2.28. The van der Waals surface area contributed by atoms with Gasteiger partial charge in [0.05, 0.1) is 18.9 Å². The number of aromatic carboxylic acids is 1. The first-order valence-electron chi connectivity index (χ1n) is 10.2. The Morgan fingerprint density at radius 3 is 2.83 bits per heavy atom. The number of methoxy groups -OCH3 is 1. The predicted octanol–water partition coefficient (Wildman–Crippen LogP) is 4.35. The number of carboxylic acid groups (broad SMARTS) is 1. The third kappa shape index (κ3) is 4.89. The molecule has 0 aliphatic carbocycles. The van der Waals surface area contributed by atoms with E-state index in [-0.39, 0.29) is 5.92 Å². The van der Waals surface area contributed by atoms with Gasteiger partial charge < -0.3 is 14.3 Å². The highest BCUT2D eigenvalue weighted by atomic mass is 16.5. The van der Waals surface area contributed by atoms with Gasteiger partial charge in [-0.15, -0.1) is 0 Å². The maximum atomic E-state index is 11.0. The van der Waals surface area contributed by atoms with Gasteiger partial charge >= 0.3 is 5.97 Å². The van der Waals surface area contributed by atoms with E-state index >= 15 is 0 Å². The molecule has 1 fully saturated rings. The number of carbonyl (C=O) groups is 1. The van der Waals surface area contributed by atoms with Crippen LogP contribution in [0, 0.1) is 0 Å². The van der Waals surface area contributed by atoms with E-state index in [0.717, 1.165) is 61.0 Å². The summed E-state index contributed by atoms with van der Waals surface area (Å²) in [4.78, 5) is 18.0. The summed E-state index contributed by atoms with van der Waals surface area (Å²) in [5, 5.41) is 9.05. The molecule has 0 radical (unpaired) electrons. The lowest BCUT2D eigenvalue weighted by molar-refractivity contribution is 0.0697. The lowest BCUT2D eigenvalue weighted by Crippen LogP contribution is -2.34. The van der Waals surface area contributed by atoms with Crippen LogP contribution in [0.3, 0.4) is 0 Å². The van der Waals surface area contributed by atoms with E-state index in [4.69, 9.17) is 14.3 Å². The molecule has 0 saturated carbocycles. The van der Waals surface area contributed by atoms with E-state index in [1.807, 2.05) is 36.5 Å². The van der Waals surface area contributed by atoms with Gasteiger partial charge in [0, 0.05) is 25.4 Å². The van der Waals surface area contributed by atoms with E-state index < -0.39 is 5.97 Å². The van der Waals surface area contributed by atoms with Crippen LogP contribution < -0.4 is 4.74 Å². The van der Waals surface area contributed by atoms with Crippen molar-refractivity contribution in [2.24, 2.45) is 0 Å². The molecule has 1 N–H and O–H groups in total. The molecule has 1 aliphatic heterocycles. The summed E-state index contributed by atoms with van der Waals surface area (Å²) in [6.07, 6.45) is 4.67. The van der Waals surface area contributed by atoms with E-state index in [1.54, 1.807) is 19.2 Å². The van der Waals surface area contributed by atoms with Gasteiger partial charge in [0.15, 0.2) is 5.89 Å². The van der Waals surface area contributed by atoms with Crippen LogP contribution >= 0.6 is 0 Å². The molecule has 3 aromatic rings. The molecule has 0 amide bonds. The zero-order valence-electron chi connectivity index (χ0n) is 17.1. The quantitative estimate of drug-likeness (QED) is 0.629. The average Bonchev–Trinajstić information content (AvgIpc) is 3.23. The zero-order chi connectivity index (χ0) is 20.9. The fourth-order valence-corrected chi connectivity index (χ4v) is 3.99. The van der Waals surface area contributed by atoms with Crippen LogP contribution in [0.5, 0.6) is 5.75 Å². The van der Waals surface area contributed by atoms with Gasteiger partial charge in [0.25, 0.3) is 0 Å². The van der Waals surface area contributed by atoms with E-state index in [0.29, 0.717) is 12.0 Å². The fraction of sp³-hybridized carbons (Fsp3) is 0.333. The third-order valence-electron chi connectivity index (χ3n) is 5.55. The third-order valence-corrected chi connectivity index (χ3v) is 5.55. The average molecular weight is 406 g/mol. The second-order valence-electron chi connectivity index (χ2n) is 7.77. The van der Waals surface area contributed by atoms with Crippen LogP contribution in [-0.4, -0.2) is 41.2 Å². The summed E-state index contributed by atoms with van der Waals surface area (Å²) in [6.45, 7) is 2.71. The summed E-state index contributed by atoms with van der Waals surface area (Å²) in [5.74, 6) is 1.88. The molecule has 156 valence electrons. The van der Waals surface area contributed by atoms with Crippen LogP contribution in [0.4, 0.5) is 0 Å². The Kier molecular flexibility index (Phi) is 6.14. The summed E-state index contributed by atoms with van der Waals surface area (Å²) in [6, 6.07) is 15.1. The molecule has 1 aliphatic rings. The van der Waals surface area contributed by atoms with Crippen LogP contribution in [0.2, 0.25) is 0 Å². The summed E-state index contributed by atoms with van der Waals surface area (Å²) < 4.78 is 11.4. The molecule has 1 atom stereocenters. The normalized spacial score (nSPS) is 17.0. The van der Waals surface area contributed by atoms with Gasteiger partial charge in [-0.1, -0.05) is 24.3 Å². The van der Waals surface area contributed by atoms with Crippen molar-refractivity contribution in [2.75, 3.05) is 20.2 Å². The highest BCUT2D eigenvalue weighted by molar-refractivity contribution is 5.87. The molecule has 1 aromatic heterocycles. The molecule has 2 aromatic carbocycles. The van der Waals surface area contributed by atoms with Crippen LogP contribution in [0.1, 0.15) is 51.9 Å². The molecule has 0 bridgehead atoms. The minimum absolute atomic E-state index is 0.274. The number of hydrogen-bond acceptors (Lipinski definition) is 5. The first kappa shape index (κ1) is 20.2. The van der Waals surface area contributed by atoms with E-state index in [9.17, 15) is 4.79 Å². The number of benzene rings is 2. The number of carboxylic acids is 1. The molecule has 1 saturated heterocycles. The van der Waals surface area contributed by atoms with Crippen molar-refractivity contribution in [3.05, 3.63) is 83.1 Å². The lowest BCUT2D eigenvalue weighted by Gasteiger charge is -2.31. The topological polar surface area (TPSA) is 75.8 Å². The summed E-state index contributed by atoms with van der Waals surface area (Å²) >= 11 is 0. The monoisotopic (exact) mass is 406 g/mol. The minimum atomic E-state index is -0.895. The SMILES string of the molecule is COc1cccc(Cc2cnc([C@H]3CCCN(Cc4ccc(C(=O)O)cc4)C3)o2)c1. The smallest absolute Gasteiger partial charge is 0.335 e. The number of oxazole rings is 1. The fourth-order valence-electron chi connectivity index (χ4n) is 3.99. The van der Waals surface area contributed by atoms with Gasteiger partial charge in [0.1, 0.15) is 11.5 Å². The maximum absolute atomic E-state index is 11.0. The number of nitrogens with zero attached hydrogens (tertiary/aromatic N) is 2. The Morgan fingerprint density at radius 2 is 2.07 bits per heavy atom. The molecule has 0 spiro atoms. The Labute approximate surface area is 176 Å². The number of aromatic nitrogens is 1. The van der Waals surface area contributed by atoms with Crippen molar-refractivity contribution in [1.82, 2.24) is 9.88 Å². The predicted molar refractivity (Wildman–Crippen MR) is 113 cm³/mol. The molecule has 2 heterocycles. The maximum Gasteiger partial charge on any atom is 0.335 e. The summed E-state index contributed by atoms with van der Waals surface area (Å²) in [7, 11) is 1.67. The Morgan fingerprint density at radius 1 is 1.23 bits per heavy atom. The van der Waals surface area contributed by atoms with Crippen molar-refractivity contribution < 1.29 is 19.1 Å². The number of rotatable bonds is 7. The van der Waals surface area contributed by atoms with Gasteiger partial charge in [0.2, 0.25) is 0 Å². The number of likely N-dealkylation sites (tertiary alicyclic amines) is 1. The number of hydrogen-bond donors (Lipinski definition) is 1. The largest absolute Gasteiger partial charge is 0.497 e. The van der Waals surface area contributed by atoms with Crippen molar-refractivity contribution >= 4 is 5.97 Å². The van der Waals surface area contributed by atoms with Gasteiger partial charge in [-0.05, 0) is 54.8 Å². The second-order valence-corrected chi connectivity index (χ2v) is 7.77. The number of piperidine rings is 1. The second kappa shape index (κ2) is 9.13. The molecular weight excluding hydrogens is 380 g/mol. The van der Waals surface area contributed by atoms with Crippen molar-refractivity contribution in [2.45, 2.75) is 31.7 Å². The molecule has 6 nitrogen and oxygen atoms in total. The van der Waals surface area contributed by atoms with Crippen molar-refractivity contribution in [1.29, 1.82) is 0 Å². The Bertz CT molecular complexity index is 996. The van der Waals surface area contributed by atoms with Gasteiger partial charge in [-0.25, -0.2) is 9.78 Å². The van der Waals surface area contributed by atoms with Crippen molar-refractivity contribution in [3.63, 3.8) is 0 Å². The van der Waals surface area contributed by atoms with Crippen LogP contribution in [-0.2, 0) is 13.0 Å². The molecule has 4 rings (SSSR count). The first-order valence-corrected chi connectivity index (χ1v) is 10.2. The van der Waals surface area contributed by atoms with E-state index in [2.05, 4.69) is 16.0 Å². The lowest BCUT2D eigenvalue weighted by atomic mass is 9.97. The minimum Gasteiger partial charge on any atom is -0.497 e. The standard InChI is InChI=1S/C24H26N2O4/c1-29-21-6-2-4-18(12-21)13-22-14-25-23(30-22)20-5-3-11-26(16-20)15-17-7-9-19(10-8-17)24(27)28/h2,4,6-10,12,14,20H,3,5,11,13,15-16H2,1H3,(H,27,28)/t20-/m0/s1. The van der Waals surface area contributed by atoms with E-state index in [1.165, 1.54) is 0 Å². The summed E-state index contributed by atoms with van der Waals surface area (Å²) in [5.41, 5.74) is 2.57. The number of ether oxygens (including phenoxy) is 1. The van der Waals surface area contributed by atoms with Gasteiger partial charge in [-0.3, -0.25) is 4.90 Å².